The molecule has 1 aromatic heterocycles. The molecular formula is C25H18Cl3NO5. The van der Waals surface area contributed by atoms with Gasteiger partial charge in [-0.3, -0.25) is 9.59 Å². The summed E-state index contributed by atoms with van der Waals surface area (Å²) < 4.78 is 16.4. The highest BCUT2D eigenvalue weighted by Gasteiger charge is 2.25. The van der Waals surface area contributed by atoms with Gasteiger partial charge in [0.15, 0.2) is 11.5 Å². The fraction of sp³-hybridized carbons (Fsp3) is 0.120. The van der Waals surface area contributed by atoms with Gasteiger partial charge in [0, 0.05) is 16.5 Å². The number of hydrogen-bond acceptors (Lipinski definition) is 5. The van der Waals surface area contributed by atoms with Gasteiger partial charge in [0.25, 0.3) is 5.91 Å². The molecule has 174 valence electrons. The Morgan fingerprint density at radius 3 is 2.26 bits per heavy atom. The smallest absolute Gasteiger partial charge is 0.255 e. The number of halogens is 3. The molecule has 1 N–H and O–H groups in total. The third-order valence-corrected chi connectivity index (χ3v) is 5.86. The van der Waals surface area contributed by atoms with E-state index in [0.717, 1.165) is 0 Å². The fourth-order valence-electron chi connectivity index (χ4n) is 3.43. The van der Waals surface area contributed by atoms with Crippen LogP contribution in [0.1, 0.15) is 33.4 Å². The number of carbonyl (C=O) groups is 2. The van der Waals surface area contributed by atoms with E-state index in [1.54, 1.807) is 43.3 Å². The molecule has 4 aromatic rings. The summed E-state index contributed by atoms with van der Waals surface area (Å²) in [6.45, 7) is 2.17. The molecule has 9 heteroatoms. The van der Waals surface area contributed by atoms with Gasteiger partial charge in [-0.05, 0) is 49.4 Å². The van der Waals surface area contributed by atoms with Gasteiger partial charge >= 0.3 is 0 Å². The van der Waals surface area contributed by atoms with E-state index in [2.05, 4.69) is 5.32 Å². The van der Waals surface area contributed by atoms with Crippen molar-refractivity contribution in [2.75, 3.05) is 19.0 Å². The van der Waals surface area contributed by atoms with Crippen molar-refractivity contribution in [3.63, 3.8) is 0 Å². The number of para-hydroxylation sites is 1. The number of hydrogen-bond donors (Lipinski definition) is 1. The first-order valence-electron chi connectivity index (χ1n) is 10.2. The topological polar surface area (TPSA) is 77.8 Å². The van der Waals surface area contributed by atoms with Crippen LogP contribution in [-0.2, 0) is 0 Å². The molecule has 0 aliphatic heterocycles. The maximum absolute atomic E-state index is 13.3. The van der Waals surface area contributed by atoms with Crippen molar-refractivity contribution in [1.29, 1.82) is 0 Å². The van der Waals surface area contributed by atoms with E-state index in [1.807, 2.05) is 0 Å². The van der Waals surface area contributed by atoms with Gasteiger partial charge in [0.2, 0.25) is 5.78 Å². The first kappa shape index (κ1) is 24.0. The number of anilines is 1. The molecule has 0 saturated heterocycles. The lowest BCUT2D eigenvalue weighted by atomic mass is 10.1. The minimum Gasteiger partial charge on any atom is -0.495 e. The van der Waals surface area contributed by atoms with E-state index in [4.69, 9.17) is 48.7 Å². The third kappa shape index (κ3) is 4.57. The van der Waals surface area contributed by atoms with E-state index < -0.39 is 11.7 Å². The molecule has 0 bridgehead atoms. The molecule has 0 saturated carbocycles. The molecule has 1 heterocycles. The van der Waals surface area contributed by atoms with Gasteiger partial charge in [0.1, 0.15) is 11.3 Å². The normalized spacial score (nSPS) is 10.9. The standard InChI is InChI=1S/C25H18Cl3NO5/c1-3-33-23-17(27)11-14(12-18(23)28)25(31)29-21-15-6-4-5-7-19(15)34-24(21)22(30)13-8-9-20(32-2)16(26)10-13/h4-12H,3H2,1-2H3,(H,29,31). The summed E-state index contributed by atoms with van der Waals surface area (Å²) in [4.78, 5) is 26.4. The zero-order valence-electron chi connectivity index (χ0n) is 18.1. The number of methoxy groups -OCH3 is 1. The van der Waals surface area contributed by atoms with Crippen LogP contribution in [0.15, 0.2) is 59.0 Å². The Morgan fingerprint density at radius 1 is 0.941 bits per heavy atom. The summed E-state index contributed by atoms with van der Waals surface area (Å²) >= 11 is 18.7. The van der Waals surface area contributed by atoms with Crippen molar-refractivity contribution in [1.82, 2.24) is 0 Å². The van der Waals surface area contributed by atoms with Crippen LogP contribution in [0, 0.1) is 0 Å². The fourth-order valence-corrected chi connectivity index (χ4v) is 4.28. The predicted octanol–water partition coefficient (Wildman–Crippen LogP) is 7.28. The number of fused-ring (bicyclic) bond motifs is 1. The summed E-state index contributed by atoms with van der Waals surface area (Å²) in [6.07, 6.45) is 0. The molecule has 4 rings (SSSR count). The lowest BCUT2D eigenvalue weighted by Gasteiger charge is -2.11. The third-order valence-electron chi connectivity index (χ3n) is 5.00. The summed E-state index contributed by atoms with van der Waals surface area (Å²) in [5.74, 6) is -0.304. The van der Waals surface area contributed by atoms with E-state index >= 15 is 0 Å². The minimum absolute atomic E-state index is 0.0427. The molecule has 0 aliphatic carbocycles. The van der Waals surface area contributed by atoms with Gasteiger partial charge in [-0.1, -0.05) is 46.9 Å². The van der Waals surface area contributed by atoms with Gasteiger partial charge < -0.3 is 19.2 Å². The number of benzene rings is 3. The van der Waals surface area contributed by atoms with Crippen LogP contribution in [0.25, 0.3) is 11.0 Å². The number of furan rings is 1. The minimum atomic E-state index is -0.528. The van der Waals surface area contributed by atoms with E-state index in [0.29, 0.717) is 29.1 Å². The summed E-state index contributed by atoms with van der Waals surface area (Å²) in [7, 11) is 1.48. The monoisotopic (exact) mass is 517 g/mol. The second-order valence-electron chi connectivity index (χ2n) is 7.14. The average molecular weight is 519 g/mol. The molecule has 0 unspecified atom stereocenters. The van der Waals surface area contributed by atoms with Crippen molar-refractivity contribution in [3.8, 4) is 11.5 Å². The van der Waals surface area contributed by atoms with Crippen molar-refractivity contribution in [2.24, 2.45) is 0 Å². The van der Waals surface area contributed by atoms with E-state index in [1.165, 1.54) is 25.3 Å². The quantitative estimate of drug-likeness (QED) is 0.260. The highest BCUT2D eigenvalue weighted by atomic mass is 35.5. The molecule has 0 spiro atoms. The highest BCUT2D eigenvalue weighted by Crippen LogP contribution is 2.37. The molecule has 1 amide bonds. The van der Waals surface area contributed by atoms with Gasteiger partial charge in [-0.25, -0.2) is 0 Å². The predicted molar refractivity (Wildman–Crippen MR) is 133 cm³/mol. The molecule has 34 heavy (non-hydrogen) atoms. The van der Waals surface area contributed by atoms with Crippen LogP contribution in [0.2, 0.25) is 15.1 Å². The molecule has 6 nitrogen and oxygen atoms in total. The Labute approximate surface area is 210 Å². The van der Waals surface area contributed by atoms with Gasteiger partial charge in [0.05, 0.1) is 34.5 Å². The Morgan fingerprint density at radius 2 is 1.62 bits per heavy atom. The molecular weight excluding hydrogens is 501 g/mol. The van der Waals surface area contributed by atoms with Crippen molar-refractivity contribution < 1.29 is 23.5 Å². The lowest BCUT2D eigenvalue weighted by molar-refractivity contribution is 0.101. The summed E-state index contributed by atoms with van der Waals surface area (Å²) in [5, 5.41) is 3.99. The zero-order chi connectivity index (χ0) is 24.4. The molecule has 0 atom stereocenters. The molecule has 3 aromatic carbocycles. The number of rotatable bonds is 7. The SMILES string of the molecule is CCOc1c(Cl)cc(C(=O)Nc2c(C(=O)c3ccc(OC)c(Cl)c3)oc3ccccc23)cc1Cl. The largest absolute Gasteiger partial charge is 0.495 e. The van der Waals surface area contributed by atoms with Crippen LogP contribution < -0.4 is 14.8 Å². The summed E-state index contributed by atoms with van der Waals surface area (Å²) in [6, 6.07) is 14.5. The zero-order valence-corrected chi connectivity index (χ0v) is 20.3. The second kappa shape index (κ2) is 9.97. The molecule has 0 aliphatic rings. The lowest BCUT2D eigenvalue weighted by Crippen LogP contribution is -2.14. The molecule has 0 fully saturated rings. The Balaban J connectivity index is 1.74. The average Bonchev–Trinajstić information content (AvgIpc) is 3.19. The van der Waals surface area contributed by atoms with E-state index in [9.17, 15) is 9.59 Å². The highest BCUT2D eigenvalue weighted by molar-refractivity contribution is 6.38. The Hall–Kier alpha value is -3.19. The first-order chi connectivity index (χ1) is 16.3. The van der Waals surface area contributed by atoms with Crippen LogP contribution in [0.4, 0.5) is 5.69 Å². The van der Waals surface area contributed by atoms with Crippen LogP contribution >= 0.6 is 34.8 Å². The number of ether oxygens (including phenoxy) is 2. The van der Waals surface area contributed by atoms with Crippen molar-refractivity contribution in [2.45, 2.75) is 6.92 Å². The summed E-state index contributed by atoms with van der Waals surface area (Å²) in [5.41, 5.74) is 1.12. The van der Waals surface area contributed by atoms with Crippen LogP contribution in [0.3, 0.4) is 0 Å². The van der Waals surface area contributed by atoms with Crippen molar-refractivity contribution >= 4 is 63.1 Å². The number of carbonyl (C=O) groups excluding carboxylic acids is 2. The molecule has 0 radical (unpaired) electrons. The number of nitrogens with one attached hydrogen (secondary N) is 1. The number of amides is 1. The van der Waals surface area contributed by atoms with Crippen LogP contribution in [-0.4, -0.2) is 25.4 Å². The van der Waals surface area contributed by atoms with E-state index in [-0.39, 0.29) is 37.6 Å². The Kier molecular flexibility index (Phi) is 7.03. The second-order valence-corrected chi connectivity index (χ2v) is 8.36. The van der Waals surface area contributed by atoms with Crippen LogP contribution in [0.5, 0.6) is 11.5 Å². The number of ketones is 1. The maximum atomic E-state index is 13.3. The van der Waals surface area contributed by atoms with Gasteiger partial charge in [-0.15, -0.1) is 0 Å². The maximum Gasteiger partial charge on any atom is 0.255 e. The van der Waals surface area contributed by atoms with Gasteiger partial charge in [-0.2, -0.15) is 0 Å². The first-order valence-corrected chi connectivity index (χ1v) is 11.3. The Bertz CT molecular complexity index is 1390. The van der Waals surface area contributed by atoms with Crippen molar-refractivity contribution in [3.05, 3.63) is 86.6 Å².